The molecule has 0 radical (unpaired) electrons. The molecule has 0 unspecified atom stereocenters. The summed E-state index contributed by atoms with van der Waals surface area (Å²) in [5.74, 6) is -1.58. The number of aromatic hydroxyl groups is 1. The number of fused-ring (bicyclic) bond motifs is 1. The van der Waals surface area contributed by atoms with Crippen molar-refractivity contribution in [2.75, 3.05) is 89.6 Å². The molecule has 1 saturated heterocycles. The Hall–Kier alpha value is -5.89. The van der Waals surface area contributed by atoms with Crippen molar-refractivity contribution < 1.29 is 42.5 Å². The summed E-state index contributed by atoms with van der Waals surface area (Å²) in [6.45, 7) is 5.41. The van der Waals surface area contributed by atoms with E-state index in [0.717, 1.165) is 27.8 Å². The van der Waals surface area contributed by atoms with Gasteiger partial charge in [0.2, 0.25) is 18.3 Å². The lowest BCUT2D eigenvalue weighted by Gasteiger charge is -2.35. The highest BCUT2D eigenvalue weighted by Crippen LogP contribution is 2.42. The van der Waals surface area contributed by atoms with Gasteiger partial charge in [-0.1, -0.05) is 29.8 Å². The summed E-state index contributed by atoms with van der Waals surface area (Å²) >= 11 is 8.08. The van der Waals surface area contributed by atoms with Gasteiger partial charge < -0.3 is 50.4 Å². The summed E-state index contributed by atoms with van der Waals surface area (Å²) in [4.78, 5) is 54.9. The van der Waals surface area contributed by atoms with E-state index < -0.39 is 29.0 Å². The molecule has 61 heavy (non-hydrogen) atoms. The number of hydrogen-bond donors (Lipinski definition) is 4. The Labute approximate surface area is 359 Å². The molecule has 5 aromatic rings. The van der Waals surface area contributed by atoms with Crippen LogP contribution in [0, 0.1) is 18.6 Å². The zero-order chi connectivity index (χ0) is 43.5. The van der Waals surface area contributed by atoms with Gasteiger partial charge in [0.25, 0.3) is 0 Å². The van der Waals surface area contributed by atoms with Gasteiger partial charge in [-0.15, -0.1) is 11.3 Å². The molecule has 0 aliphatic carbocycles. The molecule has 3 heterocycles. The number of aryl methyl sites for hydroxylation is 1. The Morgan fingerprint density at radius 1 is 1.03 bits per heavy atom. The highest BCUT2D eigenvalue weighted by atomic mass is 35.5. The smallest absolute Gasteiger partial charge is 0.314 e. The Kier molecular flexibility index (Phi) is 15.4. The van der Waals surface area contributed by atoms with E-state index in [9.17, 15) is 23.9 Å². The first kappa shape index (κ1) is 44.7. The predicted molar refractivity (Wildman–Crippen MR) is 228 cm³/mol. The number of urea groups is 1. The third kappa shape index (κ3) is 11.1. The van der Waals surface area contributed by atoms with Gasteiger partial charge in [0.1, 0.15) is 35.3 Å². The number of likely N-dealkylation sites (N-methyl/N-ethyl adjacent to an activating group) is 1. The molecule has 2 aromatic heterocycles. The number of nitrogens with zero attached hydrogens (tertiary/aromatic N) is 6. The summed E-state index contributed by atoms with van der Waals surface area (Å²) in [5, 5.41) is 16.2. The van der Waals surface area contributed by atoms with Crippen molar-refractivity contribution in [3.63, 3.8) is 0 Å². The number of carbonyl (C=O) groups excluding carboxylic acids is 3. The second kappa shape index (κ2) is 21.1. The Morgan fingerprint density at radius 3 is 2.49 bits per heavy atom. The molecular formula is C41H46ClF2N9O7S. The monoisotopic (exact) mass is 881 g/mol. The fourth-order valence-electron chi connectivity index (χ4n) is 6.67. The second-order valence-corrected chi connectivity index (χ2v) is 15.2. The van der Waals surface area contributed by atoms with E-state index in [1.807, 2.05) is 30.0 Å². The molecule has 0 bridgehead atoms. The van der Waals surface area contributed by atoms with Gasteiger partial charge in [0.15, 0.2) is 5.82 Å². The zero-order valence-electron chi connectivity index (χ0n) is 33.6. The van der Waals surface area contributed by atoms with Crippen molar-refractivity contribution in [2.45, 2.75) is 19.9 Å². The van der Waals surface area contributed by atoms with E-state index >= 15 is 4.39 Å². The molecule has 5 N–H and O–H groups in total. The zero-order valence-corrected chi connectivity index (χ0v) is 35.2. The van der Waals surface area contributed by atoms with Crippen LogP contribution in [0.1, 0.15) is 17.7 Å². The number of rotatable bonds is 20. The van der Waals surface area contributed by atoms with Crippen molar-refractivity contribution in [2.24, 2.45) is 5.73 Å². The number of anilines is 2. The second-order valence-electron chi connectivity index (χ2n) is 13.9. The number of primary amides is 1. The first-order valence-electron chi connectivity index (χ1n) is 19.4. The minimum atomic E-state index is -0.970. The average Bonchev–Trinajstić information content (AvgIpc) is 3.68. The van der Waals surface area contributed by atoms with Crippen LogP contribution in [0.15, 0.2) is 48.0 Å². The van der Waals surface area contributed by atoms with Crippen LogP contribution in [0.5, 0.6) is 11.5 Å². The third-order valence-electron chi connectivity index (χ3n) is 9.92. The number of hydrogen-bond acceptors (Lipinski definition) is 13. The molecule has 1 aliphatic rings. The number of nitrogens with one attached hydrogen (secondary N) is 2. The number of ether oxygens (including phenoxy) is 3. The lowest BCUT2D eigenvalue weighted by molar-refractivity contribution is -0.130. The van der Waals surface area contributed by atoms with Gasteiger partial charge in [-0.05, 0) is 36.8 Å². The number of nitrogens with two attached hydrogens (primary N) is 1. The van der Waals surface area contributed by atoms with Crippen LogP contribution < -0.4 is 26.0 Å². The highest BCUT2D eigenvalue weighted by Gasteiger charge is 2.27. The van der Waals surface area contributed by atoms with E-state index in [-0.39, 0.29) is 59.5 Å². The maximum atomic E-state index is 16.4. The first-order valence-corrected chi connectivity index (χ1v) is 20.7. The molecule has 16 nitrogen and oxygen atoms in total. The van der Waals surface area contributed by atoms with Gasteiger partial charge in [-0.3, -0.25) is 9.59 Å². The van der Waals surface area contributed by atoms with Crippen LogP contribution in [0.25, 0.3) is 32.5 Å². The van der Waals surface area contributed by atoms with Gasteiger partial charge in [0.05, 0.1) is 53.1 Å². The molecule has 1 aliphatic heterocycles. The molecule has 324 valence electrons. The largest absolute Gasteiger partial charge is 0.507 e. The Balaban J connectivity index is 0.984. The fraction of sp³-hybridized carbons (Fsp3) is 0.366. The maximum absolute atomic E-state index is 16.4. The van der Waals surface area contributed by atoms with Crippen LogP contribution in [0.4, 0.5) is 25.3 Å². The molecular weight excluding hydrogens is 836 g/mol. The summed E-state index contributed by atoms with van der Waals surface area (Å²) < 4.78 is 48.7. The number of piperazine rings is 1. The van der Waals surface area contributed by atoms with Gasteiger partial charge >= 0.3 is 6.03 Å². The lowest BCUT2D eigenvalue weighted by atomic mass is 10.0. The number of phenols is 1. The third-order valence-corrected chi connectivity index (χ3v) is 11.2. The number of carbonyl (C=O) groups is 3. The molecule has 1 fully saturated rings. The number of halogens is 3. The van der Waals surface area contributed by atoms with Crippen molar-refractivity contribution >= 4 is 64.0 Å². The lowest BCUT2D eigenvalue weighted by Crippen LogP contribution is -2.50. The van der Waals surface area contributed by atoms with Crippen LogP contribution in [-0.2, 0) is 25.6 Å². The number of thiazole rings is 1. The van der Waals surface area contributed by atoms with Crippen molar-refractivity contribution in [1.82, 2.24) is 30.1 Å². The highest BCUT2D eigenvalue weighted by molar-refractivity contribution is 7.13. The van der Waals surface area contributed by atoms with Crippen molar-refractivity contribution in [3.05, 3.63) is 75.9 Å². The molecule has 6 rings (SSSR count). The standard InChI is InChI=1S/C41H46ClF2N9O7S/c1-25-38(61-24-48-25)26-6-7-27(22-46-23-54)32(20-26)60-19-18-59-17-16-58-15-14-51(2)33(56)8-9-47-41-49-37-28(39(50-41)52-10-12-53(13-11-52)40(45)57)21-29(42)34(36(37)44)35-30(43)4-3-5-31(35)55/h3-7,20-21,23-24,55H,8-19,22H2,1-2H3,(H2,45,57)(H,46,54)(H,47,49,50). The topological polar surface area (TPSA) is 198 Å². The molecule has 20 heteroatoms. The van der Waals surface area contributed by atoms with Crippen LogP contribution in [-0.4, -0.2) is 128 Å². The van der Waals surface area contributed by atoms with Gasteiger partial charge in [0, 0.05) is 75.8 Å². The molecule has 0 atom stereocenters. The first-order chi connectivity index (χ1) is 29.5. The number of benzene rings is 3. The number of phenolic OH excluding ortho intramolecular Hbond substituents is 1. The molecule has 0 spiro atoms. The van der Waals surface area contributed by atoms with E-state index in [2.05, 4.69) is 25.6 Å². The molecule has 3 aromatic carbocycles. The summed E-state index contributed by atoms with van der Waals surface area (Å²) in [5.41, 5.74) is 9.04. The Morgan fingerprint density at radius 2 is 1.79 bits per heavy atom. The quantitative estimate of drug-likeness (QED) is 0.0591. The summed E-state index contributed by atoms with van der Waals surface area (Å²) in [6.07, 6.45) is 0.686. The number of aromatic nitrogens is 3. The van der Waals surface area contributed by atoms with Crippen molar-refractivity contribution in [1.29, 1.82) is 0 Å². The summed E-state index contributed by atoms with van der Waals surface area (Å²) in [6, 6.07) is 10.3. The van der Waals surface area contributed by atoms with Crippen LogP contribution in [0.2, 0.25) is 5.02 Å². The van der Waals surface area contributed by atoms with Crippen LogP contribution in [0.3, 0.4) is 0 Å². The normalized spacial score (nSPS) is 12.7. The van der Waals surface area contributed by atoms with E-state index in [1.165, 1.54) is 28.0 Å². The Bertz CT molecular complexity index is 2330. The maximum Gasteiger partial charge on any atom is 0.314 e. The van der Waals surface area contributed by atoms with E-state index in [4.69, 9.17) is 31.5 Å². The van der Waals surface area contributed by atoms with E-state index in [1.54, 1.807) is 23.9 Å². The molecule has 0 saturated carbocycles. The molecule has 4 amide bonds. The fourth-order valence-corrected chi connectivity index (χ4v) is 7.75. The SMILES string of the molecule is Cc1ncsc1-c1ccc(CNC=O)c(OCCOCCOCCN(C)C(=O)CCNc2nc(N3CCN(C(N)=O)CC3)c3cc(Cl)c(-c4c(O)cccc4F)c(F)c3n2)c1. The van der Waals surface area contributed by atoms with Gasteiger partial charge in [-0.25, -0.2) is 23.5 Å². The average molecular weight is 882 g/mol. The minimum absolute atomic E-state index is 0.00354. The number of amides is 4. The predicted octanol–water partition coefficient (Wildman–Crippen LogP) is 5.19. The van der Waals surface area contributed by atoms with E-state index in [0.29, 0.717) is 77.1 Å². The van der Waals surface area contributed by atoms with Gasteiger partial charge in [-0.2, -0.15) is 4.98 Å². The minimum Gasteiger partial charge on any atom is -0.507 e. The van der Waals surface area contributed by atoms with Crippen molar-refractivity contribution in [3.8, 4) is 33.1 Å². The summed E-state index contributed by atoms with van der Waals surface area (Å²) in [7, 11) is 1.65. The van der Waals surface area contributed by atoms with Crippen LogP contribution >= 0.6 is 22.9 Å².